The molecule has 0 spiro atoms. The average Bonchev–Trinajstić information content (AvgIpc) is 3.41. The van der Waals surface area contributed by atoms with Crippen LogP contribution in [0.2, 0.25) is 0 Å². The fourth-order valence-corrected chi connectivity index (χ4v) is 7.24. The highest BCUT2D eigenvalue weighted by Gasteiger charge is 2.67. The maximum Gasteiger partial charge on any atom is 0.162 e. The van der Waals surface area contributed by atoms with Crippen LogP contribution < -0.4 is 0 Å². The van der Waals surface area contributed by atoms with Crippen LogP contribution >= 0.6 is 0 Å². The van der Waals surface area contributed by atoms with E-state index in [-0.39, 0.29) is 22.7 Å². The first kappa shape index (κ1) is 35.7. The number of rotatable bonds is 11. The molecule has 2 N–H and O–H groups in total. The van der Waals surface area contributed by atoms with Crippen molar-refractivity contribution in [3.05, 3.63) is 107 Å². The van der Waals surface area contributed by atoms with Crippen LogP contribution in [0.25, 0.3) is 0 Å². The van der Waals surface area contributed by atoms with Crippen molar-refractivity contribution in [2.24, 2.45) is 16.2 Å². The molecule has 4 nitrogen and oxygen atoms in total. The van der Waals surface area contributed by atoms with Crippen LogP contribution in [-0.4, -0.2) is 39.4 Å². The van der Waals surface area contributed by atoms with Gasteiger partial charge >= 0.3 is 0 Å². The zero-order chi connectivity index (χ0) is 33.0. The number of carbonyl (C=O) groups is 1. The molecular weight excluding hydrogens is 544 g/mol. The van der Waals surface area contributed by atoms with Gasteiger partial charge in [-0.05, 0) is 71.4 Å². The van der Waals surface area contributed by atoms with E-state index >= 15 is 0 Å². The molecule has 0 aromatic heterocycles. The maximum atomic E-state index is 12.9. The third-order valence-corrected chi connectivity index (χ3v) is 10.3. The molecule has 1 aliphatic carbocycles. The van der Waals surface area contributed by atoms with Gasteiger partial charge in [0.25, 0.3) is 0 Å². The molecule has 2 saturated heterocycles. The summed E-state index contributed by atoms with van der Waals surface area (Å²) in [6.07, 6.45) is 30.7. The van der Waals surface area contributed by atoms with E-state index in [0.29, 0.717) is 19.3 Å². The molecule has 0 unspecified atom stereocenters. The van der Waals surface area contributed by atoms with Crippen LogP contribution in [0.5, 0.6) is 0 Å². The van der Waals surface area contributed by atoms with E-state index in [2.05, 4.69) is 84.9 Å². The van der Waals surface area contributed by atoms with E-state index in [1.807, 2.05) is 63.3 Å². The highest BCUT2D eigenvalue weighted by Crippen LogP contribution is 2.60. The van der Waals surface area contributed by atoms with Gasteiger partial charge in [0.1, 0.15) is 5.60 Å². The lowest BCUT2D eigenvalue weighted by Crippen LogP contribution is -2.56. The molecule has 2 heterocycles. The van der Waals surface area contributed by atoms with Gasteiger partial charge in [0, 0.05) is 17.3 Å². The zero-order valence-corrected chi connectivity index (χ0v) is 28.8. The Labute approximate surface area is 267 Å². The average molecular weight is 601 g/mol. The SMILES string of the molecule is CC(/C=C/C=C(C)/C=C/C(=O)[C@]1(C)C[C@@H](O)CC1(C)C)=C\C=C\C=C(C)\C=C\C=C(C)\C=C\[C@@]12O[C@@H](CC1(C)C)C[C@]2(C)O. The number of ether oxygens (including phenoxy) is 1. The standard InChI is InChI=1S/C40H56O4/c1-29(17-13-19-31(3)21-22-35(42)38(9)26-33(41)25-36(38,5)6)15-11-12-16-30(2)18-14-20-32(4)23-24-40-37(7,8)27-34(44-40)28-39(40,10)43/h11-24,33-34,41,43H,25-28H2,1-10H3/b12-11+,17-13+,18-14+,22-21+,24-23+,29-15+,30-16+,31-19+,32-20+/t33-,34-,38-,39-,40+/m0/s1. The van der Waals surface area contributed by atoms with Crippen LogP contribution in [-0.2, 0) is 9.53 Å². The van der Waals surface area contributed by atoms with Gasteiger partial charge in [0.05, 0.1) is 17.8 Å². The fourth-order valence-electron chi connectivity index (χ4n) is 7.24. The van der Waals surface area contributed by atoms with Crippen molar-refractivity contribution in [3.63, 3.8) is 0 Å². The van der Waals surface area contributed by atoms with Crippen molar-refractivity contribution in [2.45, 2.75) is 118 Å². The summed E-state index contributed by atoms with van der Waals surface area (Å²) in [7, 11) is 0. The molecule has 3 fully saturated rings. The van der Waals surface area contributed by atoms with Gasteiger partial charge in [0.15, 0.2) is 5.78 Å². The van der Waals surface area contributed by atoms with Crippen molar-refractivity contribution >= 4 is 5.78 Å². The van der Waals surface area contributed by atoms with Gasteiger partial charge in [-0.2, -0.15) is 0 Å². The summed E-state index contributed by atoms with van der Waals surface area (Å²) in [5.74, 6) is 0.0818. The second-order valence-corrected chi connectivity index (χ2v) is 15.1. The molecule has 3 rings (SSSR count). The number of hydrogen-bond acceptors (Lipinski definition) is 4. The van der Waals surface area contributed by atoms with E-state index in [0.717, 1.165) is 28.7 Å². The minimum Gasteiger partial charge on any atom is -0.393 e. The van der Waals surface area contributed by atoms with Crippen LogP contribution in [0, 0.1) is 16.2 Å². The monoisotopic (exact) mass is 600 g/mol. The highest BCUT2D eigenvalue weighted by molar-refractivity contribution is 5.95. The lowest BCUT2D eigenvalue weighted by molar-refractivity contribution is -0.127. The van der Waals surface area contributed by atoms with Crippen molar-refractivity contribution in [3.8, 4) is 0 Å². The largest absolute Gasteiger partial charge is 0.393 e. The van der Waals surface area contributed by atoms with Crippen molar-refractivity contribution < 1.29 is 19.7 Å². The predicted molar refractivity (Wildman–Crippen MR) is 184 cm³/mol. The van der Waals surface area contributed by atoms with Crippen LogP contribution in [0.15, 0.2) is 107 Å². The van der Waals surface area contributed by atoms with Gasteiger partial charge in [-0.1, -0.05) is 130 Å². The molecule has 2 bridgehead atoms. The number of aliphatic hydroxyl groups is 2. The molecule has 1 saturated carbocycles. The number of hydrogen-bond donors (Lipinski definition) is 2. The minimum absolute atomic E-state index is 0.0818. The third-order valence-electron chi connectivity index (χ3n) is 10.3. The summed E-state index contributed by atoms with van der Waals surface area (Å²) in [5, 5.41) is 21.2. The number of ketones is 1. The Kier molecular flexibility index (Phi) is 11.1. The molecule has 44 heavy (non-hydrogen) atoms. The maximum absolute atomic E-state index is 12.9. The first-order chi connectivity index (χ1) is 20.3. The van der Waals surface area contributed by atoms with Gasteiger partial charge < -0.3 is 14.9 Å². The van der Waals surface area contributed by atoms with Crippen LogP contribution in [0.1, 0.15) is 94.9 Å². The van der Waals surface area contributed by atoms with Gasteiger partial charge in [-0.25, -0.2) is 0 Å². The molecule has 4 heteroatoms. The Hall–Kier alpha value is -2.79. The number of carbonyl (C=O) groups excluding carboxylic acids is 1. The van der Waals surface area contributed by atoms with E-state index in [1.165, 1.54) is 0 Å². The Morgan fingerprint density at radius 1 is 0.636 bits per heavy atom. The number of allylic oxidation sites excluding steroid dienone is 17. The van der Waals surface area contributed by atoms with Gasteiger partial charge in [-0.3, -0.25) is 4.79 Å². The Bertz CT molecular complexity index is 1330. The smallest absolute Gasteiger partial charge is 0.162 e. The second kappa shape index (κ2) is 13.7. The molecular formula is C40H56O4. The fraction of sp³-hybridized carbons (Fsp3) is 0.525. The number of aliphatic hydroxyl groups excluding tert-OH is 1. The summed E-state index contributed by atoms with van der Waals surface area (Å²) < 4.78 is 6.30. The second-order valence-electron chi connectivity index (χ2n) is 15.1. The topological polar surface area (TPSA) is 66.8 Å². The Morgan fingerprint density at radius 2 is 1.14 bits per heavy atom. The van der Waals surface area contributed by atoms with E-state index < -0.39 is 22.7 Å². The lowest BCUT2D eigenvalue weighted by Gasteiger charge is -2.46. The van der Waals surface area contributed by atoms with Crippen LogP contribution in [0.3, 0.4) is 0 Å². The van der Waals surface area contributed by atoms with E-state index in [4.69, 9.17) is 4.74 Å². The quantitative estimate of drug-likeness (QED) is 0.183. The number of fused-ring (bicyclic) bond motifs is 2. The van der Waals surface area contributed by atoms with Gasteiger partial charge in [0.2, 0.25) is 0 Å². The van der Waals surface area contributed by atoms with Crippen LogP contribution in [0.4, 0.5) is 0 Å². The van der Waals surface area contributed by atoms with E-state index in [9.17, 15) is 15.0 Å². The lowest BCUT2D eigenvalue weighted by atomic mass is 9.61. The molecule has 0 radical (unpaired) electrons. The normalized spacial score (nSPS) is 34.7. The Morgan fingerprint density at radius 3 is 1.61 bits per heavy atom. The molecule has 3 aliphatic rings. The predicted octanol–water partition coefficient (Wildman–Crippen LogP) is 9.02. The highest BCUT2D eigenvalue weighted by atomic mass is 16.5. The van der Waals surface area contributed by atoms with Gasteiger partial charge in [-0.15, -0.1) is 0 Å². The summed E-state index contributed by atoms with van der Waals surface area (Å²) >= 11 is 0. The van der Waals surface area contributed by atoms with Crippen molar-refractivity contribution in [2.75, 3.05) is 0 Å². The summed E-state index contributed by atoms with van der Waals surface area (Å²) in [5.41, 5.74) is 2.00. The Balaban J connectivity index is 1.50. The molecule has 2 aliphatic heterocycles. The molecule has 0 aromatic rings. The first-order valence-corrected chi connectivity index (χ1v) is 16.1. The molecule has 5 atom stereocenters. The van der Waals surface area contributed by atoms with E-state index in [1.54, 1.807) is 6.08 Å². The summed E-state index contributed by atoms with van der Waals surface area (Å²) in [6, 6.07) is 0. The summed E-state index contributed by atoms with van der Waals surface area (Å²) in [6.45, 7) is 20.6. The summed E-state index contributed by atoms with van der Waals surface area (Å²) in [4.78, 5) is 12.9. The van der Waals surface area contributed by atoms with Crippen molar-refractivity contribution in [1.29, 1.82) is 0 Å². The zero-order valence-electron chi connectivity index (χ0n) is 28.8. The first-order valence-electron chi connectivity index (χ1n) is 16.1. The molecule has 0 amide bonds. The molecule has 240 valence electrons. The van der Waals surface area contributed by atoms with Crippen molar-refractivity contribution in [1.82, 2.24) is 0 Å². The molecule has 0 aromatic carbocycles. The third kappa shape index (κ3) is 7.88. The minimum atomic E-state index is -0.855.